The zero-order valence-electron chi connectivity index (χ0n) is 14.1. The average Bonchev–Trinajstić information content (AvgIpc) is 3.14. The van der Waals surface area contributed by atoms with Crippen LogP contribution >= 0.6 is 0 Å². The fourth-order valence-electron chi connectivity index (χ4n) is 3.07. The first-order valence-electron chi connectivity index (χ1n) is 8.47. The number of amides is 1. The Bertz CT molecular complexity index is 676. The molecule has 0 radical (unpaired) electrons. The Hall–Kier alpha value is -2.33. The van der Waals surface area contributed by atoms with E-state index in [2.05, 4.69) is 34.5 Å². The maximum atomic E-state index is 12.3. The number of hydrogen-bond acceptors (Lipinski definition) is 3. The Balaban J connectivity index is 1.55. The molecular formula is C20H24N2O2. The minimum atomic E-state index is -0.117. The monoisotopic (exact) mass is 324 g/mol. The maximum absolute atomic E-state index is 12.3. The van der Waals surface area contributed by atoms with Crippen molar-refractivity contribution in [3.63, 3.8) is 0 Å². The second-order valence-electron chi connectivity index (χ2n) is 6.18. The molecule has 1 saturated heterocycles. The van der Waals surface area contributed by atoms with Crippen LogP contribution in [0.25, 0.3) is 0 Å². The van der Waals surface area contributed by atoms with Crippen LogP contribution in [0.15, 0.2) is 48.5 Å². The second-order valence-corrected chi connectivity index (χ2v) is 6.18. The Morgan fingerprint density at radius 2 is 1.71 bits per heavy atom. The van der Waals surface area contributed by atoms with E-state index >= 15 is 0 Å². The highest BCUT2D eigenvalue weighted by molar-refractivity contribution is 5.96. The molecule has 0 aliphatic carbocycles. The number of ether oxygens (including phenoxy) is 1. The Kier molecular flexibility index (Phi) is 5.49. The van der Waals surface area contributed by atoms with Gasteiger partial charge in [0, 0.05) is 13.1 Å². The van der Waals surface area contributed by atoms with Crippen LogP contribution in [-0.4, -0.2) is 31.0 Å². The van der Waals surface area contributed by atoms with Crippen LogP contribution in [0.5, 0.6) is 5.75 Å². The molecule has 2 aromatic carbocycles. The second kappa shape index (κ2) is 7.97. The molecule has 0 atom stereocenters. The van der Waals surface area contributed by atoms with Crippen molar-refractivity contribution in [2.45, 2.75) is 25.9 Å². The van der Waals surface area contributed by atoms with E-state index < -0.39 is 0 Å². The van der Waals surface area contributed by atoms with Gasteiger partial charge in [-0.3, -0.25) is 9.69 Å². The lowest BCUT2D eigenvalue weighted by Crippen LogP contribution is -2.23. The number of benzene rings is 2. The van der Waals surface area contributed by atoms with E-state index in [1.807, 2.05) is 12.1 Å². The van der Waals surface area contributed by atoms with E-state index in [4.69, 9.17) is 4.74 Å². The Labute approximate surface area is 143 Å². The summed E-state index contributed by atoms with van der Waals surface area (Å²) < 4.78 is 5.23. The molecule has 1 aliphatic rings. The van der Waals surface area contributed by atoms with Crippen molar-refractivity contribution in [1.29, 1.82) is 0 Å². The smallest absolute Gasteiger partial charge is 0.255 e. The minimum absolute atomic E-state index is 0.117. The van der Waals surface area contributed by atoms with Gasteiger partial charge in [0.05, 0.1) is 12.7 Å². The van der Waals surface area contributed by atoms with Gasteiger partial charge in [0.2, 0.25) is 0 Å². The van der Waals surface area contributed by atoms with Crippen LogP contribution in [0, 0.1) is 0 Å². The molecule has 1 fully saturated rings. The molecule has 126 valence electrons. The number of methoxy groups -OCH3 is 1. The summed E-state index contributed by atoms with van der Waals surface area (Å²) in [6.07, 6.45) is 2.63. The van der Waals surface area contributed by atoms with Crippen molar-refractivity contribution in [2.24, 2.45) is 0 Å². The first kappa shape index (κ1) is 16.5. The van der Waals surface area contributed by atoms with E-state index in [0.717, 1.165) is 12.1 Å². The van der Waals surface area contributed by atoms with Gasteiger partial charge in [-0.2, -0.15) is 0 Å². The molecule has 0 unspecified atom stereocenters. The fourth-order valence-corrected chi connectivity index (χ4v) is 3.07. The molecule has 0 bridgehead atoms. The van der Waals surface area contributed by atoms with Crippen LogP contribution in [0.1, 0.15) is 34.3 Å². The third-order valence-corrected chi connectivity index (χ3v) is 4.43. The largest absolute Gasteiger partial charge is 0.496 e. The molecule has 0 saturated carbocycles. The number of hydrogen-bond donors (Lipinski definition) is 1. The zero-order valence-corrected chi connectivity index (χ0v) is 14.1. The molecule has 3 rings (SSSR count). The van der Waals surface area contributed by atoms with Crippen molar-refractivity contribution >= 4 is 5.91 Å². The summed E-state index contributed by atoms with van der Waals surface area (Å²) in [5.41, 5.74) is 2.99. The number of carbonyl (C=O) groups excluding carboxylic acids is 1. The van der Waals surface area contributed by atoms with Crippen LogP contribution in [0.4, 0.5) is 0 Å². The standard InChI is InChI=1S/C20H24N2O2/c1-24-19-7-3-2-6-18(19)20(23)21-14-16-8-10-17(11-9-16)15-22-12-4-5-13-22/h2-3,6-11H,4-5,12-15H2,1H3,(H,21,23). The molecule has 1 aliphatic heterocycles. The summed E-state index contributed by atoms with van der Waals surface area (Å²) in [6, 6.07) is 15.8. The zero-order chi connectivity index (χ0) is 16.8. The summed E-state index contributed by atoms with van der Waals surface area (Å²) in [7, 11) is 1.57. The van der Waals surface area contributed by atoms with Crippen LogP contribution in [0.3, 0.4) is 0 Å². The van der Waals surface area contributed by atoms with Crippen molar-refractivity contribution in [3.05, 3.63) is 65.2 Å². The first-order valence-corrected chi connectivity index (χ1v) is 8.47. The quantitative estimate of drug-likeness (QED) is 0.887. The molecule has 4 nitrogen and oxygen atoms in total. The van der Waals surface area contributed by atoms with Crippen molar-refractivity contribution in [2.75, 3.05) is 20.2 Å². The predicted octanol–water partition coefficient (Wildman–Crippen LogP) is 3.22. The number of nitrogens with one attached hydrogen (secondary N) is 1. The van der Waals surface area contributed by atoms with E-state index in [0.29, 0.717) is 17.9 Å². The lowest BCUT2D eigenvalue weighted by molar-refractivity contribution is 0.0948. The number of carbonyl (C=O) groups is 1. The summed E-state index contributed by atoms with van der Waals surface area (Å²) in [5, 5.41) is 2.95. The Morgan fingerprint density at radius 3 is 2.42 bits per heavy atom. The van der Waals surface area contributed by atoms with Gasteiger partial charge in [0.15, 0.2) is 0 Å². The van der Waals surface area contributed by atoms with E-state index in [1.54, 1.807) is 19.2 Å². The lowest BCUT2D eigenvalue weighted by atomic mass is 10.1. The third kappa shape index (κ3) is 4.15. The predicted molar refractivity (Wildman–Crippen MR) is 95.1 cm³/mol. The van der Waals surface area contributed by atoms with Gasteiger partial charge in [-0.05, 0) is 49.2 Å². The van der Waals surface area contributed by atoms with Crippen molar-refractivity contribution < 1.29 is 9.53 Å². The van der Waals surface area contributed by atoms with Gasteiger partial charge in [0.1, 0.15) is 5.75 Å². The van der Waals surface area contributed by atoms with Gasteiger partial charge in [-0.1, -0.05) is 36.4 Å². The van der Waals surface area contributed by atoms with Crippen LogP contribution in [-0.2, 0) is 13.1 Å². The Morgan fingerprint density at radius 1 is 1.04 bits per heavy atom. The van der Waals surface area contributed by atoms with E-state index in [-0.39, 0.29) is 5.91 Å². The SMILES string of the molecule is COc1ccccc1C(=O)NCc1ccc(CN2CCCC2)cc1. The van der Waals surface area contributed by atoms with Gasteiger partial charge in [0.25, 0.3) is 5.91 Å². The van der Waals surface area contributed by atoms with Gasteiger partial charge >= 0.3 is 0 Å². The first-order chi connectivity index (χ1) is 11.8. The molecule has 1 heterocycles. The highest BCUT2D eigenvalue weighted by Gasteiger charge is 2.12. The summed E-state index contributed by atoms with van der Waals surface area (Å²) in [4.78, 5) is 14.8. The maximum Gasteiger partial charge on any atom is 0.255 e. The summed E-state index contributed by atoms with van der Waals surface area (Å²) in [6.45, 7) is 3.95. The van der Waals surface area contributed by atoms with E-state index in [1.165, 1.54) is 31.5 Å². The molecule has 0 spiro atoms. The highest BCUT2D eigenvalue weighted by Crippen LogP contribution is 2.17. The molecule has 1 N–H and O–H groups in total. The van der Waals surface area contributed by atoms with E-state index in [9.17, 15) is 4.79 Å². The summed E-state index contributed by atoms with van der Waals surface area (Å²) >= 11 is 0. The molecule has 1 amide bonds. The number of rotatable bonds is 6. The van der Waals surface area contributed by atoms with Crippen LogP contribution in [0.2, 0.25) is 0 Å². The minimum Gasteiger partial charge on any atom is -0.496 e. The third-order valence-electron chi connectivity index (χ3n) is 4.43. The fraction of sp³-hybridized carbons (Fsp3) is 0.350. The molecule has 4 heteroatoms. The summed E-state index contributed by atoms with van der Waals surface area (Å²) in [5.74, 6) is 0.476. The van der Waals surface area contributed by atoms with Gasteiger partial charge in [-0.25, -0.2) is 0 Å². The molecule has 2 aromatic rings. The van der Waals surface area contributed by atoms with Crippen molar-refractivity contribution in [3.8, 4) is 5.75 Å². The van der Waals surface area contributed by atoms with Crippen molar-refractivity contribution in [1.82, 2.24) is 10.2 Å². The molecular weight excluding hydrogens is 300 g/mol. The number of likely N-dealkylation sites (tertiary alicyclic amines) is 1. The number of para-hydroxylation sites is 1. The highest BCUT2D eigenvalue weighted by atomic mass is 16.5. The molecule has 24 heavy (non-hydrogen) atoms. The average molecular weight is 324 g/mol. The molecule has 0 aromatic heterocycles. The lowest BCUT2D eigenvalue weighted by Gasteiger charge is -2.15. The van der Waals surface area contributed by atoms with Crippen LogP contribution < -0.4 is 10.1 Å². The normalized spacial score (nSPS) is 14.5. The van der Waals surface area contributed by atoms with Gasteiger partial charge in [-0.15, -0.1) is 0 Å². The number of nitrogens with zero attached hydrogens (tertiary/aromatic N) is 1. The topological polar surface area (TPSA) is 41.6 Å². The van der Waals surface area contributed by atoms with Gasteiger partial charge < -0.3 is 10.1 Å².